The molecule has 80 valence electrons. The molecule has 0 atom stereocenters. The molecule has 0 aromatic carbocycles. The molecule has 0 spiro atoms. The zero-order valence-corrected chi connectivity index (χ0v) is 8.20. The van der Waals surface area contributed by atoms with Gasteiger partial charge in [0.25, 0.3) is 5.56 Å². The van der Waals surface area contributed by atoms with Gasteiger partial charge in [0.05, 0.1) is 0 Å². The molecule has 0 saturated heterocycles. The van der Waals surface area contributed by atoms with E-state index >= 15 is 0 Å². The molecule has 15 heavy (non-hydrogen) atoms. The largest absolute Gasteiger partial charge is 0.288 e. The lowest BCUT2D eigenvalue weighted by atomic mass is 10.4. The Morgan fingerprint density at radius 3 is 2.80 bits per heavy atom. The smallest absolute Gasteiger partial charge is 0.274 e. The summed E-state index contributed by atoms with van der Waals surface area (Å²) < 4.78 is 0. The molecule has 0 aliphatic heterocycles. The number of carbonyl (C=O) groups is 1. The number of carbonyl (C=O) groups excluding carboxylic acids is 1. The Morgan fingerprint density at radius 2 is 2.20 bits per heavy atom. The quantitative estimate of drug-likeness (QED) is 0.573. The van der Waals surface area contributed by atoms with Crippen molar-refractivity contribution in [2.75, 3.05) is 5.43 Å². The molecule has 7 nitrogen and oxygen atoms in total. The van der Waals surface area contributed by atoms with E-state index in [2.05, 4.69) is 26.0 Å². The molecule has 1 aromatic rings. The predicted molar refractivity (Wildman–Crippen MR) is 51.9 cm³/mol. The summed E-state index contributed by atoms with van der Waals surface area (Å²) in [6.45, 7) is 1.55. The summed E-state index contributed by atoms with van der Waals surface area (Å²) in [6.07, 6.45) is 1.84. The molecule has 0 bridgehead atoms. The first kappa shape index (κ1) is 9.63. The van der Waals surface area contributed by atoms with E-state index in [-0.39, 0.29) is 29.0 Å². The van der Waals surface area contributed by atoms with Crippen molar-refractivity contribution in [3.63, 3.8) is 0 Å². The van der Waals surface area contributed by atoms with E-state index in [1.165, 1.54) is 0 Å². The number of hydrogen-bond donors (Lipinski definition) is 3. The van der Waals surface area contributed by atoms with Crippen LogP contribution in [0.1, 0.15) is 18.5 Å². The second-order valence-electron chi connectivity index (χ2n) is 3.48. The third-order valence-electron chi connectivity index (χ3n) is 2.11. The van der Waals surface area contributed by atoms with Crippen molar-refractivity contribution >= 4 is 11.9 Å². The van der Waals surface area contributed by atoms with Gasteiger partial charge in [-0.2, -0.15) is 0 Å². The lowest BCUT2D eigenvalue weighted by Gasteiger charge is -2.05. The Morgan fingerprint density at radius 1 is 1.47 bits per heavy atom. The van der Waals surface area contributed by atoms with E-state index in [4.69, 9.17) is 0 Å². The second-order valence-corrected chi connectivity index (χ2v) is 3.48. The summed E-state index contributed by atoms with van der Waals surface area (Å²) >= 11 is 0. The highest BCUT2D eigenvalue weighted by Crippen LogP contribution is 2.28. The van der Waals surface area contributed by atoms with Crippen LogP contribution < -0.4 is 16.4 Å². The van der Waals surface area contributed by atoms with E-state index in [9.17, 15) is 9.59 Å². The first-order valence-electron chi connectivity index (χ1n) is 4.66. The van der Waals surface area contributed by atoms with Gasteiger partial charge in [-0.05, 0) is 19.8 Å². The molecule has 1 heterocycles. The van der Waals surface area contributed by atoms with Crippen LogP contribution in [0, 0.1) is 12.8 Å². The normalized spacial score (nSPS) is 14.7. The Hall–Kier alpha value is -1.92. The lowest BCUT2D eigenvalue weighted by Crippen LogP contribution is -2.32. The van der Waals surface area contributed by atoms with Crippen molar-refractivity contribution < 1.29 is 4.79 Å². The first-order chi connectivity index (χ1) is 7.16. The number of nitrogens with zero attached hydrogens (tertiary/aromatic N) is 2. The van der Waals surface area contributed by atoms with Gasteiger partial charge >= 0.3 is 0 Å². The van der Waals surface area contributed by atoms with Gasteiger partial charge in [-0.1, -0.05) is 0 Å². The minimum absolute atomic E-state index is 0.0850. The lowest BCUT2D eigenvalue weighted by molar-refractivity contribution is -0.121. The number of nitrogens with one attached hydrogen (secondary N) is 3. The molecule has 2 rings (SSSR count). The average Bonchev–Trinajstić information content (AvgIpc) is 3.03. The fourth-order valence-corrected chi connectivity index (χ4v) is 1.02. The zero-order chi connectivity index (χ0) is 10.8. The maximum atomic E-state index is 11.2. The molecule has 1 aliphatic rings. The van der Waals surface area contributed by atoms with Crippen LogP contribution in [0.3, 0.4) is 0 Å². The van der Waals surface area contributed by atoms with Crippen molar-refractivity contribution in [2.45, 2.75) is 19.8 Å². The highest BCUT2D eigenvalue weighted by Gasteiger charge is 2.29. The van der Waals surface area contributed by atoms with Gasteiger partial charge in [-0.25, -0.2) is 0 Å². The number of aryl methyl sites for hydroxylation is 1. The third-order valence-corrected chi connectivity index (χ3v) is 2.11. The van der Waals surface area contributed by atoms with Gasteiger partial charge in [0, 0.05) is 5.92 Å². The van der Waals surface area contributed by atoms with Gasteiger partial charge < -0.3 is 0 Å². The van der Waals surface area contributed by atoms with E-state index < -0.39 is 0 Å². The van der Waals surface area contributed by atoms with Gasteiger partial charge in [0.1, 0.15) is 5.69 Å². The molecule has 0 radical (unpaired) electrons. The van der Waals surface area contributed by atoms with Crippen LogP contribution in [-0.4, -0.2) is 21.1 Å². The number of hydrazine groups is 1. The van der Waals surface area contributed by atoms with Gasteiger partial charge in [-0.3, -0.25) is 25.4 Å². The van der Waals surface area contributed by atoms with E-state index in [0.717, 1.165) is 12.8 Å². The summed E-state index contributed by atoms with van der Waals surface area (Å²) in [4.78, 5) is 24.8. The van der Waals surface area contributed by atoms with Crippen LogP contribution in [0.25, 0.3) is 0 Å². The van der Waals surface area contributed by atoms with Gasteiger partial charge in [-0.15, -0.1) is 10.2 Å². The highest BCUT2D eigenvalue weighted by molar-refractivity contribution is 5.81. The highest BCUT2D eigenvalue weighted by atomic mass is 16.2. The SMILES string of the molecule is Cc1nnc(NNC(=O)C2CC2)[nH]c1=O. The van der Waals surface area contributed by atoms with Crippen LogP contribution in [0.15, 0.2) is 4.79 Å². The summed E-state index contributed by atoms with van der Waals surface area (Å²) in [5, 5.41) is 7.27. The minimum Gasteiger partial charge on any atom is -0.288 e. The third kappa shape index (κ3) is 2.30. The number of aromatic amines is 1. The van der Waals surface area contributed by atoms with Crippen LogP contribution in [-0.2, 0) is 4.79 Å². The van der Waals surface area contributed by atoms with Crippen molar-refractivity contribution in [3.8, 4) is 0 Å². The maximum Gasteiger partial charge on any atom is 0.274 e. The number of H-pyrrole nitrogens is 1. The monoisotopic (exact) mass is 209 g/mol. The zero-order valence-electron chi connectivity index (χ0n) is 8.20. The van der Waals surface area contributed by atoms with Crippen LogP contribution in [0.4, 0.5) is 5.95 Å². The molecule has 1 amide bonds. The van der Waals surface area contributed by atoms with E-state index in [0.29, 0.717) is 0 Å². The van der Waals surface area contributed by atoms with Gasteiger partial charge in [0.2, 0.25) is 11.9 Å². The van der Waals surface area contributed by atoms with Crippen molar-refractivity contribution in [1.29, 1.82) is 0 Å². The molecular formula is C8H11N5O2. The van der Waals surface area contributed by atoms with E-state index in [1.54, 1.807) is 6.92 Å². The second kappa shape index (κ2) is 3.68. The molecule has 1 aromatic heterocycles. The van der Waals surface area contributed by atoms with Crippen LogP contribution >= 0.6 is 0 Å². The molecule has 3 N–H and O–H groups in total. The molecule has 1 saturated carbocycles. The topological polar surface area (TPSA) is 99.8 Å². The summed E-state index contributed by atoms with van der Waals surface area (Å²) in [5.41, 5.74) is 4.91. The first-order valence-corrected chi connectivity index (χ1v) is 4.66. The van der Waals surface area contributed by atoms with Crippen molar-refractivity contribution in [2.24, 2.45) is 5.92 Å². The van der Waals surface area contributed by atoms with Gasteiger partial charge in [0.15, 0.2) is 0 Å². The van der Waals surface area contributed by atoms with Crippen LogP contribution in [0.5, 0.6) is 0 Å². The maximum absolute atomic E-state index is 11.2. The predicted octanol–water partition coefficient (Wildman–Crippen LogP) is -0.674. The number of anilines is 1. The standard InChI is InChI=1S/C8H11N5O2/c1-4-6(14)9-8(12-10-4)13-11-7(15)5-2-3-5/h5H,2-3H2,1H3,(H,11,15)(H2,9,12,13,14). The van der Waals surface area contributed by atoms with E-state index in [1.807, 2.05) is 0 Å². The summed E-state index contributed by atoms with van der Waals surface area (Å²) in [5.74, 6) is 0.153. The Bertz CT molecular complexity index is 437. The summed E-state index contributed by atoms with van der Waals surface area (Å²) in [6, 6.07) is 0. The number of rotatable bonds is 3. The Kier molecular flexibility index (Phi) is 2.36. The molecular weight excluding hydrogens is 198 g/mol. The molecule has 7 heteroatoms. The van der Waals surface area contributed by atoms with Crippen molar-refractivity contribution in [3.05, 3.63) is 16.0 Å². The minimum atomic E-state index is -0.326. The van der Waals surface area contributed by atoms with Crippen molar-refractivity contribution in [1.82, 2.24) is 20.6 Å². The number of amides is 1. The average molecular weight is 209 g/mol. The summed E-state index contributed by atoms with van der Waals surface area (Å²) in [7, 11) is 0. The Labute approximate surface area is 85.3 Å². The fourth-order valence-electron chi connectivity index (χ4n) is 1.02. The van der Waals surface area contributed by atoms with Crippen LogP contribution in [0.2, 0.25) is 0 Å². The molecule has 1 fully saturated rings. The number of aromatic nitrogens is 3. The Balaban J connectivity index is 1.95. The fraction of sp³-hybridized carbons (Fsp3) is 0.500. The molecule has 1 aliphatic carbocycles. The molecule has 0 unspecified atom stereocenters. The number of hydrogen-bond acceptors (Lipinski definition) is 5.